The Balaban J connectivity index is 1.05. The van der Waals surface area contributed by atoms with Crippen molar-refractivity contribution >= 4 is 35.5 Å². The van der Waals surface area contributed by atoms with E-state index in [0.29, 0.717) is 0 Å². The van der Waals surface area contributed by atoms with Crippen LogP contribution in [0.25, 0.3) is 0 Å². The molecular weight excluding hydrogens is 1810 g/mol. The fourth-order valence-electron chi connectivity index (χ4n) is 16.6. The van der Waals surface area contributed by atoms with Gasteiger partial charge in [-0.3, -0.25) is 24.0 Å². The minimum atomic E-state index is -3.32. The summed E-state index contributed by atoms with van der Waals surface area (Å²) in [6.45, 7) is -8.70. The Labute approximate surface area is 747 Å². The fraction of sp³-hybridized carbons (Fsp3) is 0.918. The second-order valence-electron chi connectivity index (χ2n) is 32.9. The van der Waals surface area contributed by atoms with E-state index in [1.807, 2.05) is 0 Å². The van der Waals surface area contributed by atoms with Gasteiger partial charge in [0.25, 0.3) is 5.79 Å². The smallest absolute Gasteiger partial charge is 0.364 e. The number of ether oxygens (including phenoxy) is 18. The first-order valence-electron chi connectivity index (χ1n) is 41.7. The molecule has 59 nitrogen and oxygen atoms in total. The first-order chi connectivity index (χ1) is 62.3. The Morgan fingerprint density at radius 3 is 1.11 bits per heavy atom. The van der Waals surface area contributed by atoms with Crippen LogP contribution in [0.15, 0.2) is 0 Å². The van der Waals surface area contributed by atoms with Gasteiger partial charge in [-0.25, -0.2) is 4.79 Å². The molecule has 5 amide bonds. The highest BCUT2D eigenvalue weighted by Crippen LogP contribution is 2.43. The second kappa shape index (κ2) is 48.7. The summed E-state index contributed by atoms with van der Waals surface area (Å²) in [5, 5.41) is 347. The van der Waals surface area contributed by atoms with E-state index in [1.165, 1.54) is 0 Å². The first kappa shape index (κ1) is 111. The zero-order chi connectivity index (χ0) is 98.0. The fourth-order valence-corrected chi connectivity index (χ4v) is 16.6. The van der Waals surface area contributed by atoms with Crippen molar-refractivity contribution in [3.63, 3.8) is 0 Å². The third-order valence-corrected chi connectivity index (χ3v) is 23.5. The molecule has 132 heavy (non-hydrogen) atoms. The van der Waals surface area contributed by atoms with E-state index in [4.69, 9.17) is 85.3 Å². The van der Waals surface area contributed by atoms with Crippen molar-refractivity contribution in [1.29, 1.82) is 0 Å². The van der Waals surface area contributed by atoms with Crippen molar-refractivity contribution in [2.75, 3.05) is 72.7 Å². The lowest BCUT2D eigenvalue weighted by Crippen LogP contribution is -2.71. The molecule has 0 saturated carbocycles. The van der Waals surface area contributed by atoms with E-state index < -0.39 is 421 Å². The second-order valence-corrected chi connectivity index (χ2v) is 32.9. The van der Waals surface area contributed by atoms with Gasteiger partial charge in [-0.1, -0.05) is 0 Å². The molecule has 50 atom stereocenters. The largest absolute Gasteiger partial charge is 0.477 e. The first-order valence-corrected chi connectivity index (χ1v) is 41.7. The van der Waals surface area contributed by atoms with Gasteiger partial charge in [0.2, 0.25) is 29.5 Å². The average Bonchev–Trinajstić information content (AvgIpc) is 0.751. The Bertz CT molecular complexity index is 3630. The monoisotopic (exact) mass is 1930 g/mol. The molecule has 9 saturated heterocycles. The molecule has 0 aromatic carbocycles. The number of carboxylic acid groups (broad SMARTS) is 1. The molecule has 764 valence electrons. The molecule has 9 fully saturated rings. The summed E-state index contributed by atoms with van der Waals surface area (Å²) in [6.07, 6.45) is -99.8. The SMILES string of the molecule is CC(=O)N[C@H]1[C@H]([C@H](O)[C@H](O)CO)OC(O[C@H]2[C@@H](O)[C@@H](CO)OC(O[C@H]3[C@H](O)[C@@H](NC(C)=O)C(O[C@@H]4C(OC[C@H]5OC(O[C@H]6[C@H](O)[C@@H](NC(C)=O)C(O[C@@H]([C@H](O)[C@H](CO)NC(C)=O)[C@H](O)CO)O[C@@H]6CO)[C@@H](O)[C@@H](OC6O[C@H](CO)[C@@H](O)[C@H](O)[C@@H]6OC6O[C@H](CO)[C@@H](OC7O[C@H](CO)[C@H](O)[C@H](O)[C@H]7O)[C@H](O)[C@H]6NC(C)=O)[C@@H]5O)O[C@H](CO)[C@@H](O)[C@@H]4O)O[C@@H]3CO)[C@@H]2O)(C(=O)O)C[C@@H]1O. The molecule has 59 heteroatoms. The number of carbonyl (C=O) groups is 6. The van der Waals surface area contributed by atoms with E-state index in [2.05, 4.69) is 26.6 Å². The molecule has 0 spiro atoms. The summed E-state index contributed by atoms with van der Waals surface area (Å²) in [5.74, 6) is -10.3. The Morgan fingerprint density at radius 2 is 0.689 bits per heavy atom. The number of rotatable bonds is 40. The maximum Gasteiger partial charge on any atom is 0.364 e. The van der Waals surface area contributed by atoms with Gasteiger partial charge in [0.15, 0.2) is 50.3 Å². The number of amides is 5. The van der Waals surface area contributed by atoms with Crippen molar-refractivity contribution in [2.45, 2.75) is 347 Å². The molecule has 0 aromatic heterocycles. The summed E-state index contributed by atoms with van der Waals surface area (Å²) in [4.78, 5) is 77.0. The Morgan fingerprint density at radius 1 is 0.341 bits per heavy atom. The third kappa shape index (κ3) is 25.0. The van der Waals surface area contributed by atoms with E-state index in [0.717, 1.165) is 34.6 Å². The van der Waals surface area contributed by atoms with Crippen molar-refractivity contribution in [3.05, 3.63) is 0 Å². The van der Waals surface area contributed by atoms with Gasteiger partial charge in [-0.05, 0) is 0 Å². The standard InChI is InChI=1S/C73H123N5O54/c1-18(89)74-23(7-79)39(97)55(26(96)9-81)124-64-36(76-20(3)91)46(104)57(32(15-87)120-64)126-68-53(111)60(128-71-63(51(109)43(101)29(12-84)119-71)130-66-38(78-22(5)93)47(105)56(31(14-86)122-66)125-67-52(110)49(107)41(99)27(10-82)116-67)45(103)34(123-68)17-115-70-62(50(108)42(100)28(11-83)118-70)129-65-37(77-21(4)92)48(106)58(33(16-88)121-65)127-69-54(112)61(44(102)30(13-85)117-69)132-73(72(113)114)6-24(94)35(75-19(2)90)59(131-73)40(98)25(95)8-80/h23-71,79-88,94-112H,6-17H2,1-5H3,(H,74,89)(H,75,90)(H,76,91)(H,77,92)(H,78,93)(H,113,114)/t23-,24-,25+,26+,27+,28+,29+,30+,31+,32+,33+,34+,35+,36+,37+,38+,39+,40+,41-,42+,43+,44-,45+,46+,47+,48+,49-,50-,51-,52+,53-,54+,55+,56+,57+,58+,59+,60-,61-,62-,63-,64?,65?,66?,67?,68?,69?,70?,71?,73?/m0/s1. The summed E-state index contributed by atoms with van der Waals surface area (Å²) in [6, 6.07) is -9.61. The van der Waals surface area contributed by atoms with Gasteiger partial charge >= 0.3 is 5.97 Å². The van der Waals surface area contributed by atoms with E-state index in [1.54, 1.807) is 0 Å². The van der Waals surface area contributed by atoms with E-state index in [9.17, 15) is 182 Å². The predicted octanol–water partition coefficient (Wildman–Crippen LogP) is -23.2. The molecule has 9 aliphatic heterocycles. The summed E-state index contributed by atoms with van der Waals surface area (Å²) >= 11 is 0. The van der Waals surface area contributed by atoms with Crippen LogP contribution in [0.4, 0.5) is 0 Å². The Hall–Kier alpha value is -5.06. The number of aliphatic hydroxyl groups is 29. The summed E-state index contributed by atoms with van der Waals surface area (Å²) in [7, 11) is 0. The molecule has 0 aliphatic carbocycles. The van der Waals surface area contributed by atoms with Gasteiger partial charge in [0, 0.05) is 41.0 Å². The Kier molecular flexibility index (Phi) is 40.8. The van der Waals surface area contributed by atoms with Crippen LogP contribution in [-0.2, 0) is 114 Å². The number of hydrogen-bond acceptors (Lipinski definition) is 53. The number of nitrogens with one attached hydrogen (secondary N) is 5. The highest BCUT2D eigenvalue weighted by atomic mass is 16.8. The minimum absolute atomic E-state index is 0.841. The summed E-state index contributed by atoms with van der Waals surface area (Å²) < 4.78 is 107. The van der Waals surface area contributed by atoms with Gasteiger partial charge in [0.1, 0.15) is 232 Å². The van der Waals surface area contributed by atoms with Crippen LogP contribution in [0, 0.1) is 0 Å². The van der Waals surface area contributed by atoms with Crippen LogP contribution in [0.2, 0.25) is 0 Å². The van der Waals surface area contributed by atoms with Gasteiger partial charge < -0.3 is 265 Å². The van der Waals surface area contributed by atoms with Gasteiger partial charge in [0.05, 0.1) is 90.9 Å². The maximum absolute atomic E-state index is 13.3. The van der Waals surface area contributed by atoms with Crippen LogP contribution in [-0.4, -0.2) is 567 Å². The van der Waals surface area contributed by atoms with Crippen LogP contribution in [0.5, 0.6) is 0 Å². The normalized spacial score (nSPS) is 44.7. The molecule has 0 radical (unpaired) electrons. The third-order valence-electron chi connectivity index (χ3n) is 23.5. The molecule has 9 aliphatic rings. The molecule has 9 rings (SSSR count). The zero-order valence-corrected chi connectivity index (χ0v) is 71.0. The molecule has 0 bridgehead atoms. The number of hydrogen-bond donors (Lipinski definition) is 35. The molecule has 0 aromatic rings. The lowest BCUT2D eigenvalue weighted by atomic mass is 9.88. The average molecular weight is 1930 g/mol. The van der Waals surface area contributed by atoms with Crippen LogP contribution >= 0.6 is 0 Å². The van der Waals surface area contributed by atoms with Gasteiger partial charge in [-0.15, -0.1) is 0 Å². The van der Waals surface area contributed by atoms with Crippen LogP contribution in [0.1, 0.15) is 41.0 Å². The molecule has 9 unspecified atom stereocenters. The van der Waals surface area contributed by atoms with Crippen molar-refractivity contribution < 1.29 is 267 Å². The topological polar surface area (TPSA) is 936 Å². The lowest BCUT2D eigenvalue weighted by Gasteiger charge is -2.51. The minimum Gasteiger partial charge on any atom is -0.477 e. The van der Waals surface area contributed by atoms with Crippen molar-refractivity contribution in [2.24, 2.45) is 0 Å². The molecule has 35 N–H and O–H groups in total. The lowest BCUT2D eigenvalue weighted by molar-refractivity contribution is -0.399. The van der Waals surface area contributed by atoms with E-state index in [-0.39, 0.29) is 0 Å². The van der Waals surface area contributed by atoms with Crippen molar-refractivity contribution in [3.8, 4) is 0 Å². The molecular formula is C73H123N5O54. The van der Waals surface area contributed by atoms with Crippen molar-refractivity contribution in [1.82, 2.24) is 26.6 Å². The summed E-state index contributed by atoms with van der Waals surface area (Å²) in [5.41, 5.74) is 0. The number of aliphatic hydroxyl groups excluding tert-OH is 29. The molecule has 9 heterocycles. The van der Waals surface area contributed by atoms with E-state index >= 15 is 0 Å². The quantitative estimate of drug-likeness (QED) is 0.0271. The number of aliphatic carboxylic acids is 1. The predicted molar refractivity (Wildman–Crippen MR) is 407 cm³/mol. The van der Waals surface area contributed by atoms with Gasteiger partial charge in [-0.2, -0.15) is 0 Å². The highest BCUT2D eigenvalue weighted by Gasteiger charge is 2.64. The maximum atomic E-state index is 13.3. The van der Waals surface area contributed by atoms with Crippen LogP contribution < -0.4 is 26.6 Å². The zero-order valence-electron chi connectivity index (χ0n) is 71.0. The number of carboxylic acids is 1. The number of carbonyl (C=O) groups excluding carboxylic acids is 5. The van der Waals surface area contributed by atoms with Crippen LogP contribution in [0.3, 0.4) is 0 Å². The highest BCUT2D eigenvalue weighted by molar-refractivity contribution is 5.77.